The van der Waals surface area contributed by atoms with Gasteiger partial charge in [0.1, 0.15) is 0 Å². The second-order valence-corrected chi connectivity index (χ2v) is 0. The van der Waals surface area contributed by atoms with Crippen LogP contribution in [0.1, 0.15) is 0 Å². The molecule has 0 rings (SSSR count). The Kier molecular flexibility index (Phi) is 150. The molecule has 4 heavy (non-hydrogen) atoms. The van der Waals surface area contributed by atoms with E-state index in [0.717, 1.165) is 0 Å². The Balaban J connectivity index is 0. The molecule has 0 saturated heterocycles. The van der Waals surface area contributed by atoms with Crippen molar-refractivity contribution < 1.29 is 0 Å². The van der Waals surface area contributed by atoms with E-state index in [1.807, 2.05) is 0 Å². The minimum absolute atomic E-state index is 0. The molecule has 0 aliphatic carbocycles. The Morgan fingerprint density at radius 3 is 0.750 bits per heavy atom. The standard InChI is InChI=1S/2BH3.K.Li.2H/h2*1H3;;;;. The van der Waals surface area contributed by atoms with E-state index in [-0.39, 0.29) is 87.1 Å². The molecule has 0 fully saturated rings. The molecule has 0 aliphatic rings. The Hall–Kier alpha value is 2.36. The molecule has 0 unspecified atom stereocenters. The molecule has 0 aromatic rings. The third-order valence-electron chi connectivity index (χ3n) is 0. The summed E-state index contributed by atoms with van der Waals surface area (Å²) in [5.41, 5.74) is 0. The van der Waals surface area contributed by atoms with Crippen molar-refractivity contribution in [3.8, 4) is 0 Å². The van der Waals surface area contributed by atoms with Crippen LogP contribution in [-0.4, -0.2) is 87.1 Å². The molecule has 0 atom stereocenters. The van der Waals surface area contributed by atoms with E-state index in [4.69, 9.17) is 0 Å². The van der Waals surface area contributed by atoms with Crippen molar-refractivity contribution in [2.24, 2.45) is 0 Å². The second kappa shape index (κ2) is 18.3. The zero-order chi connectivity index (χ0) is 0. The van der Waals surface area contributed by atoms with Crippen LogP contribution in [0.3, 0.4) is 0 Å². The summed E-state index contributed by atoms with van der Waals surface area (Å²) in [7, 11) is 0. The van der Waals surface area contributed by atoms with Crippen molar-refractivity contribution in [2.75, 3.05) is 0 Å². The van der Waals surface area contributed by atoms with Crippen molar-refractivity contribution in [3.05, 3.63) is 0 Å². The molecular weight excluding hydrogens is 67.7 g/mol. The van der Waals surface area contributed by atoms with Crippen LogP contribution in [0.5, 0.6) is 0 Å². The fourth-order valence-corrected chi connectivity index (χ4v) is 0. The quantitative estimate of drug-likeness (QED) is 0.261. The van der Waals surface area contributed by atoms with Crippen LogP contribution in [0.15, 0.2) is 0 Å². The summed E-state index contributed by atoms with van der Waals surface area (Å²) in [6, 6.07) is 0. The third kappa shape index (κ3) is 8.84. The number of rotatable bonds is 0. The molecule has 0 N–H and O–H groups in total. The van der Waals surface area contributed by atoms with Crippen molar-refractivity contribution in [2.45, 2.75) is 0 Å². The van der Waals surface area contributed by atoms with E-state index >= 15 is 0 Å². The predicted molar refractivity (Wildman–Crippen MR) is 34.2 cm³/mol. The van der Waals surface area contributed by atoms with Crippen LogP contribution in [-0.2, 0) is 0 Å². The SMILES string of the molecule is B.B.[KH].[LiH]. The molecule has 0 aliphatic heterocycles. The maximum atomic E-state index is 0. The molecule has 0 aromatic heterocycles. The first-order valence-electron chi connectivity index (χ1n) is 0. The van der Waals surface area contributed by atoms with Crippen molar-refractivity contribution >= 4 is 87.1 Å². The molecule has 0 radical (unpaired) electrons. The van der Waals surface area contributed by atoms with Crippen molar-refractivity contribution in [1.29, 1.82) is 0 Å². The van der Waals surface area contributed by atoms with Gasteiger partial charge in [-0.2, -0.15) is 0 Å². The van der Waals surface area contributed by atoms with E-state index in [1.165, 1.54) is 0 Å². The van der Waals surface area contributed by atoms with Gasteiger partial charge < -0.3 is 0 Å². The van der Waals surface area contributed by atoms with Gasteiger partial charge in [0.2, 0.25) is 0 Å². The van der Waals surface area contributed by atoms with Gasteiger partial charge in [-0.15, -0.1) is 0 Å². The average molecular weight is 75.7 g/mol. The molecule has 16 valence electrons. The minimum atomic E-state index is 0. The van der Waals surface area contributed by atoms with Gasteiger partial charge >= 0.3 is 70.2 Å². The summed E-state index contributed by atoms with van der Waals surface area (Å²) in [5, 5.41) is 0. The summed E-state index contributed by atoms with van der Waals surface area (Å²) in [5.74, 6) is 0. The predicted octanol–water partition coefficient (Wildman–Crippen LogP) is -3.66. The maximum absolute atomic E-state index is 0. The summed E-state index contributed by atoms with van der Waals surface area (Å²) < 4.78 is 0. The van der Waals surface area contributed by atoms with Gasteiger partial charge in [0.25, 0.3) is 0 Å². The van der Waals surface area contributed by atoms with Gasteiger partial charge in [0.05, 0.1) is 16.8 Å². The van der Waals surface area contributed by atoms with Crippen LogP contribution in [0.25, 0.3) is 0 Å². The summed E-state index contributed by atoms with van der Waals surface area (Å²) in [6.45, 7) is 0. The molecule has 0 nitrogen and oxygen atoms in total. The van der Waals surface area contributed by atoms with E-state index in [1.54, 1.807) is 0 Å². The van der Waals surface area contributed by atoms with Gasteiger partial charge in [-0.1, -0.05) is 0 Å². The van der Waals surface area contributed by atoms with Crippen molar-refractivity contribution in [3.63, 3.8) is 0 Å². The normalized spacial score (nSPS) is 0. The van der Waals surface area contributed by atoms with Gasteiger partial charge in [-0.3, -0.25) is 0 Å². The Labute approximate surface area is 85.2 Å². The molecule has 0 spiro atoms. The van der Waals surface area contributed by atoms with E-state index < -0.39 is 0 Å². The zero-order valence-corrected chi connectivity index (χ0v) is 0. The van der Waals surface area contributed by atoms with E-state index in [0.29, 0.717) is 0 Å². The van der Waals surface area contributed by atoms with Crippen LogP contribution in [0.4, 0.5) is 0 Å². The number of hydrogen-bond acceptors (Lipinski definition) is 0. The van der Waals surface area contributed by atoms with Gasteiger partial charge in [-0.05, 0) is 0 Å². The molecule has 4 heteroatoms. The van der Waals surface area contributed by atoms with Gasteiger partial charge in [0, 0.05) is 0 Å². The molecule has 0 bridgehead atoms. The third-order valence-corrected chi connectivity index (χ3v) is 0. The molecule has 0 aromatic carbocycles. The van der Waals surface area contributed by atoms with Gasteiger partial charge in [-0.25, -0.2) is 0 Å². The van der Waals surface area contributed by atoms with E-state index in [9.17, 15) is 0 Å². The van der Waals surface area contributed by atoms with Crippen molar-refractivity contribution in [1.82, 2.24) is 0 Å². The first kappa shape index (κ1) is 32.8. The Morgan fingerprint density at radius 1 is 0.750 bits per heavy atom. The Bertz CT molecular complexity index is 6.00. The first-order valence-corrected chi connectivity index (χ1v) is 0. The summed E-state index contributed by atoms with van der Waals surface area (Å²) >= 11 is 0. The molecule has 0 heterocycles. The molecular formula is H8B2KLi. The Morgan fingerprint density at radius 2 is 0.750 bits per heavy atom. The second-order valence-electron chi connectivity index (χ2n) is 0. The molecule has 0 amide bonds. The fraction of sp³-hybridized carbons (Fsp3) is 0. The fourth-order valence-electron chi connectivity index (χ4n) is 0. The monoisotopic (exact) mass is 76.1 g/mol. The average Bonchev–Trinajstić information content (AvgIpc) is 0. The summed E-state index contributed by atoms with van der Waals surface area (Å²) in [6.07, 6.45) is 0. The zero-order valence-electron chi connectivity index (χ0n) is 0. The first-order chi connectivity index (χ1) is 0. The number of hydrogen-bond donors (Lipinski definition) is 0. The van der Waals surface area contributed by atoms with Crippen LogP contribution >= 0.6 is 0 Å². The molecule has 0 saturated carbocycles. The van der Waals surface area contributed by atoms with Gasteiger partial charge in [0.15, 0.2) is 0 Å². The van der Waals surface area contributed by atoms with Crippen LogP contribution in [0.2, 0.25) is 0 Å². The van der Waals surface area contributed by atoms with Crippen LogP contribution < -0.4 is 0 Å². The van der Waals surface area contributed by atoms with E-state index in [2.05, 4.69) is 0 Å². The summed E-state index contributed by atoms with van der Waals surface area (Å²) in [4.78, 5) is 0. The topological polar surface area (TPSA) is 0 Å². The van der Waals surface area contributed by atoms with Crippen LogP contribution in [0, 0.1) is 0 Å².